The highest BCUT2D eigenvalue weighted by Crippen LogP contribution is 2.26. The van der Waals surface area contributed by atoms with E-state index in [0.717, 1.165) is 21.9 Å². The first-order valence-corrected chi connectivity index (χ1v) is 8.69. The normalized spacial score (nSPS) is 10.7. The van der Waals surface area contributed by atoms with Gasteiger partial charge in [-0.2, -0.15) is 5.10 Å². The highest BCUT2D eigenvalue weighted by molar-refractivity contribution is 6.30. The molecule has 5 heteroatoms. The fourth-order valence-electron chi connectivity index (χ4n) is 2.65. The molecular weight excluding hydrogens is 360 g/mol. The lowest BCUT2D eigenvalue weighted by molar-refractivity contribution is -0.120. The molecule has 3 rings (SSSR count). The largest absolute Gasteiger partial charge is 0.480 e. The molecule has 0 aliphatic carbocycles. The van der Waals surface area contributed by atoms with Crippen LogP contribution in [-0.4, -0.2) is 18.7 Å². The van der Waals surface area contributed by atoms with Crippen LogP contribution < -0.4 is 10.2 Å². The Balaban J connectivity index is 1.77. The third kappa shape index (κ3) is 4.87. The summed E-state index contributed by atoms with van der Waals surface area (Å²) in [6.45, 7) is 0.155. The summed E-state index contributed by atoms with van der Waals surface area (Å²) >= 11 is 5.85. The Bertz CT molecular complexity index is 1020. The van der Waals surface area contributed by atoms with Gasteiger partial charge in [0, 0.05) is 10.6 Å². The van der Waals surface area contributed by atoms with Gasteiger partial charge in [-0.1, -0.05) is 60.0 Å². The van der Waals surface area contributed by atoms with Crippen molar-refractivity contribution in [3.8, 4) is 18.1 Å². The molecule has 0 fully saturated rings. The lowest BCUT2D eigenvalue weighted by Crippen LogP contribution is -2.19. The summed E-state index contributed by atoms with van der Waals surface area (Å²) in [5, 5.41) is 6.73. The maximum Gasteiger partial charge on any atom is 0.244 e. The second kappa shape index (κ2) is 8.88. The first-order valence-electron chi connectivity index (χ1n) is 8.32. The van der Waals surface area contributed by atoms with Crippen LogP contribution in [0, 0.1) is 12.3 Å². The lowest BCUT2D eigenvalue weighted by atomic mass is 10.0. The average Bonchev–Trinajstić information content (AvgIpc) is 2.69. The zero-order valence-electron chi connectivity index (χ0n) is 14.5. The second-order valence-electron chi connectivity index (χ2n) is 5.79. The van der Waals surface area contributed by atoms with E-state index in [1.54, 1.807) is 18.3 Å². The number of carbonyl (C=O) groups is 1. The number of benzene rings is 3. The second-order valence-corrected chi connectivity index (χ2v) is 6.22. The molecule has 0 radical (unpaired) electrons. The van der Waals surface area contributed by atoms with Crippen LogP contribution in [0.1, 0.15) is 11.1 Å². The van der Waals surface area contributed by atoms with Crippen molar-refractivity contribution in [3.05, 3.63) is 76.8 Å². The van der Waals surface area contributed by atoms with Crippen molar-refractivity contribution in [1.82, 2.24) is 5.43 Å². The Hall–Kier alpha value is -3.29. The van der Waals surface area contributed by atoms with Crippen LogP contribution in [0.3, 0.4) is 0 Å². The number of hydrazone groups is 1. The van der Waals surface area contributed by atoms with Crippen molar-refractivity contribution in [1.29, 1.82) is 0 Å². The van der Waals surface area contributed by atoms with Gasteiger partial charge in [0.05, 0.1) is 12.6 Å². The summed E-state index contributed by atoms with van der Waals surface area (Å²) in [6.07, 6.45) is 7.08. The van der Waals surface area contributed by atoms with Crippen LogP contribution in [0.2, 0.25) is 5.02 Å². The van der Waals surface area contributed by atoms with E-state index in [2.05, 4.69) is 16.4 Å². The van der Waals surface area contributed by atoms with Crippen LogP contribution >= 0.6 is 11.6 Å². The first-order chi connectivity index (χ1) is 13.2. The molecule has 3 aromatic carbocycles. The van der Waals surface area contributed by atoms with Crippen molar-refractivity contribution >= 4 is 34.5 Å². The van der Waals surface area contributed by atoms with Gasteiger partial charge < -0.3 is 4.74 Å². The van der Waals surface area contributed by atoms with Crippen molar-refractivity contribution in [3.63, 3.8) is 0 Å². The molecule has 0 bridgehead atoms. The summed E-state index contributed by atoms with van der Waals surface area (Å²) in [4.78, 5) is 12.1. The molecule has 0 spiro atoms. The van der Waals surface area contributed by atoms with Crippen LogP contribution in [0.4, 0.5) is 0 Å². The Labute approximate surface area is 162 Å². The van der Waals surface area contributed by atoms with E-state index in [-0.39, 0.29) is 18.9 Å². The van der Waals surface area contributed by atoms with Gasteiger partial charge in [-0.3, -0.25) is 4.79 Å². The number of nitrogens with one attached hydrogen (secondary N) is 1. The molecule has 0 saturated carbocycles. The highest BCUT2D eigenvalue weighted by Gasteiger charge is 2.07. The smallest absolute Gasteiger partial charge is 0.244 e. The van der Waals surface area contributed by atoms with E-state index in [1.165, 1.54) is 0 Å². The number of hydrogen-bond donors (Lipinski definition) is 1. The van der Waals surface area contributed by atoms with E-state index in [1.807, 2.05) is 48.5 Å². The van der Waals surface area contributed by atoms with Crippen LogP contribution in [0.5, 0.6) is 5.75 Å². The Morgan fingerprint density at radius 3 is 2.70 bits per heavy atom. The van der Waals surface area contributed by atoms with Crippen molar-refractivity contribution < 1.29 is 9.53 Å². The molecule has 0 aliphatic rings. The number of terminal acetylenes is 1. The lowest BCUT2D eigenvalue weighted by Gasteiger charge is -2.09. The molecule has 1 N–H and O–H groups in total. The van der Waals surface area contributed by atoms with Gasteiger partial charge >= 0.3 is 0 Å². The van der Waals surface area contributed by atoms with E-state index in [4.69, 9.17) is 22.8 Å². The number of rotatable bonds is 6. The molecule has 0 saturated heterocycles. The molecule has 27 heavy (non-hydrogen) atoms. The molecule has 1 amide bonds. The maximum absolute atomic E-state index is 12.1. The van der Waals surface area contributed by atoms with Crippen LogP contribution in [0.25, 0.3) is 10.8 Å². The quantitative estimate of drug-likeness (QED) is 0.398. The predicted molar refractivity (Wildman–Crippen MR) is 109 cm³/mol. The van der Waals surface area contributed by atoms with E-state index < -0.39 is 0 Å². The third-order valence-corrected chi connectivity index (χ3v) is 4.15. The monoisotopic (exact) mass is 376 g/mol. The molecule has 0 heterocycles. The standard InChI is InChI=1S/C22H17ClN2O2/c1-2-13-27-21-12-9-17-5-3-4-6-19(17)20(21)15-24-25-22(26)14-16-7-10-18(23)11-8-16/h1,3-12,15H,13-14H2,(H,25,26)/b24-15-. The van der Waals surface area contributed by atoms with E-state index >= 15 is 0 Å². The van der Waals surface area contributed by atoms with Crippen molar-refractivity contribution in [2.45, 2.75) is 6.42 Å². The van der Waals surface area contributed by atoms with Gasteiger partial charge in [0.15, 0.2) is 0 Å². The number of hydrogen-bond acceptors (Lipinski definition) is 3. The summed E-state index contributed by atoms with van der Waals surface area (Å²) in [5.74, 6) is 2.84. The molecule has 4 nitrogen and oxygen atoms in total. The summed E-state index contributed by atoms with van der Waals surface area (Å²) in [6, 6.07) is 18.8. The molecule has 134 valence electrons. The van der Waals surface area contributed by atoms with Crippen molar-refractivity contribution in [2.24, 2.45) is 5.10 Å². The van der Waals surface area contributed by atoms with E-state index in [0.29, 0.717) is 10.8 Å². The fraction of sp³-hybridized carbons (Fsp3) is 0.0909. The summed E-state index contributed by atoms with van der Waals surface area (Å²) < 4.78 is 5.61. The minimum Gasteiger partial charge on any atom is -0.480 e. The Kier molecular flexibility index (Phi) is 6.09. The zero-order valence-corrected chi connectivity index (χ0v) is 15.2. The molecule has 0 unspecified atom stereocenters. The maximum atomic E-state index is 12.1. The van der Waals surface area contributed by atoms with Gasteiger partial charge in [-0.15, -0.1) is 6.42 Å². The van der Waals surface area contributed by atoms with Gasteiger partial charge in [-0.05, 0) is 34.5 Å². The topological polar surface area (TPSA) is 50.7 Å². The third-order valence-electron chi connectivity index (χ3n) is 3.90. The zero-order chi connectivity index (χ0) is 19.1. The van der Waals surface area contributed by atoms with Crippen molar-refractivity contribution in [2.75, 3.05) is 6.61 Å². The number of fused-ring (bicyclic) bond motifs is 1. The predicted octanol–water partition coefficient (Wildman–Crippen LogP) is 4.20. The van der Waals surface area contributed by atoms with Crippen LogP contribution in [-0.2, 0) is 11.2 Å². The number of amides is 1. The number of carbonyl (C=O) groups excluding carboxylic acids is 1. The fourth-order valence-corrected chi connectivity index (χ4v) is 2.78. The molecule has 3 aromatic rings. The minimum absolute atomic E-state index is 0.155. The summed E-state index contributed by atoms with van der Waals surface area (Å²) in [5.41, 5.74) is 4.16. The Morgan fingerprint density at radius 1 is 1.15 bits per heavy atom. The first kappa shape index (κ1) is 18.5. The van der Waals surface area contributed by atoms with Gasteiger partial charge in [0.1, 0.15) is 12.4 Å². The molecule has 0 atom stereocenters. The minimum atomic E-state index is -0.222. The number of halogens is 1. The van der Waals surface area contributed by atoms with Gasteiger partial charge in [0.25, 0.3) is 0 Å². The SMILES string of the molecule is C#CCOc1ccc2ccccc2c1/C=N\NC(=O)Cc1ccc(Cl)cc1. The molecule has 0 aliphatic heterocycles. The van der Waals surface area contributed by atoms with Gasteiger partial charge in [-0.25, -0.2) is 5.43 Å². The molecule has 0 aromatic heterocycles. The average molecular weight is 377 g/mol. The van der Waals surface area contributed by atoms with Crippen LogP contribution in [0.15, 0.2) is 65.8 Å². The highest BCUT2D eigenvalue weighted by atomic mass is 35.5. The number of nitrogens with zero attached hydrogens (tertiary/aromatic N) is 1. The van der Waals surface area contributed by atoms with Gasteiger partial charge in [0.2, 0.25) is 5.91 Å². The molecular formula is C22H17ClN2O2. The number of ether oxygens (including phenoxy) is 1. The van der Waals surface area contributed by atoms with E-state index in [9.17, 15) is 4.79 Å². The summed E-state index contributed by atoms with van der Waals surface area (Å²) in [7, 11) is 0. The Morgan fingerprint density at radius 2 is 1.93 bits per heavy atom.